The molecule has 3 atom stereocenters. The summed E-state index contributed by atoms with van der Waals surface area (Å²) < 4.78 is 5.97. The van der Waals surface area contributed by atoms with Crippen LogP contribution in [0.4, 0.5) is 5.82 Å². The Bertz CT molecular complexity index is 1220. The summed E-state index contributed by atoms with van der Waals surface area (Å²) in [5.74, 6) is 0.832. The van der Waals surface area contributed by atoms with E-state index in [9.17, 15) is 9.59 Å². The van der Waals surface area contributed by atoms with Crippen LogP contribution in [0.15, 0.2) is 30.6 Å². The smallest absolute Gasteiger partial charge is 0.306 e. The lowest BCUT2D eigenvalue weighted by molar-refractivity contribution is -0.149. The minimum atomic E-state index is -0.320. The highest BCUT2D eigenvalue weighted by molar-refractivity contribution is 6.30. The number of hydrogen-bond acceptors (Lipinski definition) is 7. The largest absolute Gasteiger partial charge is 0.456 e. The predicted octanol–water partition coefficient (Wildman–Crippen LogP) is 7.57. The number of carbonyl (C=O) groups excluding carboxylic acids is 2. The van der Waals surface area contributed by atoms with Gasteiger partial charge < -0.3 is 19.9 Å². The van der Waals surface area contributed by atoms with Crippen LogP contribution < -0.4 is 10.2 Å². The fourth-order valence-electron chi connectivity index (χ4n) is 6.59. The molecule has 8 nitrogen and oxygen atoms in total. The molecule has 2 aromatic rings. The third-order valence-electron chi connectivity index (χ3n) is 9.21. The zero-order valence-electron chi connectivity index (χ0n) is 27.9. The summed E-state index contributed by atoms with van der Waals surface area (Å²) in [5.41, 5.74) is 2.90. The van der Waals surface area contributed by atoms with Gasteiger partial charge in [-0.3, -0.25) is 9.59 Å². The zero-order valence-corrected chi connectivity index (χ0v) is 28.7. The molecule has 1 fully saturated rings. The first-order chi connectivity index (χ1) is 21.8. The minimum Gasteiger partial charge on any atom is -0.456 e. The molecule has 4 rings (SSSR count). The van der Waals surface area contributed by atoms with Crippen molar-refractivity contribution >= 4 is 29.3 Å². The fourth-order valence-corrected chi connectivity index (χ4v) is 6.71. The third-order valence-corrected chi connectivity index (χ3v) is 9.46. The molecule has 0 saturated carbocycles. The van der Waals surface area contributed by atoms with Gasteiger partial charge in [-0.25, -0.2) is 9.97 Å². The molecule has 1 aromatic carbocycles. The molecule has 0 unspecified atom stereocenters. The van der Waals surface area contributed by atoms with Crippen molar-refractivity contribution in [2.45, 2.75) is 122 Å². The van der Waals surface area contributed by atoms with Gasteiger partial charge in [-0.05, 0) is 36.5 Å². The number of fused-ring (bicyclic) bond motifs is 1. The summed E-state index contributed by atoms with van der Waals surface area (Å²) in [7, 11) is 0. The highest BCUT2D eigenvalue weighted by Gasteiger charge is 2.37. The number of amides is 1. The van der Waals surface area contributed by atoms with Crippen molar-refractivity contribution < 1.29 is 14.3 Å². The van der Waals surface area contributed by atoms with E-state index < -0.39 is 0 Å². The van der Waals surface area contributed by atoms with E-state index in [1.807, 2.05) is 29.2 Å². The van der Waals surface area contributed by atoms with Crippen LogP contribution in [0.5, 0.6) is 0 Å². The van der Waals surface area contributed by atoms with E-state index >= 15 is 0 Å². The highest BCUT2D eigenvalue weighted by atomic mass is 35.5. The molecule has 1 N–H and O–H groups in total. The first-order valence-electron chi connectivity index (χ1n) is 17.3. The molecule has 248 valence electrons. The molecule has 1 aromatic heterocycles. The van der Waals surface area contributed by atoms with Gasteiger partial charge in [0.1, 0.15) is 18.2 Å². The van der Waals surface area contributed by atoms with Gasteiger partial charge in [0.05, 0.1) is 11.6 Å². The van der Waals surface area contributed by atoms with E-state index in [2.05, 4.69) is 42.9 Å². The number of nitrogens with zero attached hydrogens (tertiary/aromatic N) is 4. The molecule has 1 aliphatic carbocycles. The molecule has 1 aliphatic heterocycles. The molecule has 0 bridgehead atoms. The van der Waals surface area contributed by atoms with Crippen LogP contribution in [-0.2, 0) is 14.3 Å². The van der Waals surface area contributed by atoms with Crippen molar-refractivity contribution in [2.24, 2.45) is 0 Å². The van der Waals surface area contributed by atoms with Crippen LogP contribution in [0, 0.1) is 0 Å². The van der Waals surface area contributed by atoms with E-state index in [-0.39, 0.29) is 35.9 Å². The van der Waals surface area contributed by atoms with Crippen molar-refractivity contribution in [3.05, 3.63) is 52.4 Å². The number of hydrogen-bond donors (Lipinski definition) is 1. The summed E-state index contributed by atoms with van der Waals surface area (Å²) in [6, 6.07) is 7.89. The Morgan fingerprint density at radius 2 is 1.60 bits per heavy atom. The highest BCUT2D eigenvalue weighted by Crippen LogP contribution is 2.45. The van der Waals surface area contributed by atoms with Crippen LogP contribution in [0.1, 0.15) is 133 Å². The topological polar surface area (TPSA) is 87.7 Å². The molecule has 45 heavy (non-hydrogen) atoms. The first kappa shape index (κ1) is 35.1. The van der Waals surface area contributed by atoms with Crippen molar-refractivity contribution in [3.8, 4) is 0 Å². The summed E-state index contributed by atoms with van der Waals surface area (Å²) in [6.45, 7) is 11.8. The van der Waals surface area contributed by atoms with E-state index in [0.717, 1.165) is 41.9 Å². The molecule has 0 spiro atoms. The molecule has 2 heterocycles. The van der Waals surface area contributed by atoms with Gasteiger partial charge >= 0.3 is 5.97 Å². The number of esters is 1. The van der Waals surface area contributed by atoms with Crippen LogP contribution in [0.2, 0.25) is 5.02 Å². The SMILES string of the molecule is CCCCCCCCCCCC(=O)O[C@@H]1C[C@@H](C)c2c1ncnc2N1CCN(C(=O)[C@H](CNC(C)C)c2ccc(Cl)cc2)CC1. The second kappa shape index (κ2) is 17.8. The van der Waals surface area contributed by atoms with Gasteiger partial charge in [-0.15, -0.1) is 0 Å². The quantitative estimate of drug-likeness (QED) is 0.141. The van der Waals surface area contributed by atoms with E-state index in [1.165, 1.54) is 44.9 Å². The van der Waals surface area contributed by atoms with E-state index in [4.69, 9.17) is 21.3 Å². The van der Waals surface area contributed by atoms with Gasteiger partial charge in [-0.1, -0.05) is 103 Å². The van der Waals surface area contributed by atoms with Crippen LogP contribution in [0.25, 0.3) is 0 Å². The second-order valence-corrected chi connectivity index (χ2v) is 13.6. The number of piperazine rings is 1. The Morgan fingerprint density at radius 1 is 0.956 bits per heavy atom. The van der Waals surface area contributed by atoms with E-state index in [0.29, 0.717) is 44.2 Å². The second-order valence-electron chi connectivity index (χ2n) is 13.2. The molecular weight excluding hydrogens is 586 g/mol. The first-order valence-corrected chi connectivity index (χ1v) is 17.7. The molecule has 1 saturated heterocycles. The summed E-state index contributed by atoms with van der Waals surface area (Å²) >= 11 is 6.13. The van der Waals surface area contributed by atoms with Crippen LogP contribution in [0.3, 0.4) is 0 Å². The van der Waals surface area contributed by atoms with Gasteiger partial charge in [0.15, 0.2) is 0 Å². The molecule has 2 aliphatic rings. The number of carbonyl (C=O) groups is 2. The van der Waals surface area contributed by atoms with Gasteiger partial charge in [0.25, 0.3) is 0 Å². The Balaban J connectivity index is 1.30. The number of ether oxygens (including phenoxy) is 1. The minimum absolute atomic E-state index is 0.127. The van der Waals surface area contributed by atoms with Crippen molar-refractivity contribution in [3.63, 3.8) is 0 Å². The number of nitrogens with one attached hydrogen (secondary N) is 1. The predicted molar refractivity (Wildman–Crippen MR) is 182 cm³/mol. The number of rotatable bonds is 17. The Morgan fingerprint density at radius 3 is 2.24 bits per heavy atom. The average molecular weight is 640 g/mol. The lowest BCUT2D eigenvalue weighted by Gasteiger charge is -2.38. The molecule has 0 radical (unpaired) electrons. The molecule has 9 heteroatoms. The number of halogens is 1. The summed E-state index contributed by atoms with van der Waals surface area (Å²) in [6.07, 6.45) is 13.5. The van der Waals surface area contributed by atoms with E-state index in [1.54, 1.807) is 6.33 Å². The van der Waals surface area contributed by atoms with Crippen molar-refractivity contribution in [1.82, 2.24) is 20.2 Å². The normalized spacial score (nSPS) is 18.7. The Kier molecular flexibility index (Phi) is 13.9. The number of aromatic nitrogens is 2. The van der Waals surface area contributed by atoms with Crippen LogP contribution in [-0.4, -0.2) is 65.5 Å². The Labute approximate surface area is 275 Å². The lowest BCUT2D eigenvalue weighted by atomic mass is 9.96. The standard InChI is InChI=1S/C36H54ClN5O3/c1-5-6-7-8-9-10-11-12-13-14-32(43)45-31-23-27(4)33-34(31)39-25-40-35(33)41-19-21-42(22-20-41)36(44)30(24-38-26(2)3)28-15-17-29(37)18-16-28/h15-18,25-27,30-31,38H,5-14,19-24H2,1-4H3/t27-,30-,31-/m1/s1. The number of anilines is 1. The maximum atomic E-state index is 13.8. The van der Waals surface area contributed by atoms with Crippen LogP contribution >= 0.6 is 11.6 Å². The number of benzene rings is 1. The summed E-state index contributed by atoms with van der Waals surface area (Å²) in [4.78, 5) is 40.0. The lowest BCUT2D eigenvalue weighted by Crippen LogP contribution is -2.51. The molecule has 1 amide bonds. The monoisotopic (exact) mass is 639 g/mol. The van der Waals surface area contributed by atoms with Gasteiger partial charge in [0.2, 0.25) is 5.91 Å². The molecular formula is C36H54ClN5O3. The maximum absolute atomic E-state index is 13.8. The van der Waals surface area contributed by atoms with Crippen molar-refractivity contribution in [2.75, 3.05) is 37.6 Å². The van der Waals surface area contributed by atoms with Crippen molar-refractivity contribution in [1.29, 1.82) is 0 Å². The fraction of sp³-hybridized carbons (Fsp3) is 0.667. The average Bonchev–Trinajstić information content (AvgIpc) is 3.35. The zero-order chi connectivity index (χ0) is 32.2. The maximum Gasteiger partial charge on any atom is 0.306 e. The number of unbranched alkanes of at least 4 members (excludes halogenated alkanes) is 8. The van der Waals surface area contributed by atoms with Gasteiger partial charge in [-0.2, -0.15) is 0 Å². The Hall–Kier alpha value is -2.71. The third kappa shape index (κ3) is 10.1. The summed E-state index contributed by atoms with van der Waals surface area (Å²) in [5, 5.41) is 4.11. The van der Waals surface area contributed by atoms with Gasteiger partial charge in [0, 0.05) is 55.8 Å².